The number of amides is 3. The van der Waals surface area contributed by atoms with Crippen LogP contribution in [0.15, 0.2) is 24.3 Å². The van der Waals surface area contributed by atoms with Crippen molar-refractivity contribution in [1.29, 1.82) is 0 Å². The highest BCUT2D eigenvalue weighted by molar-refractivity contribution is 6.39. The normalized spacial score (nSPS) is 12.0. The second-order valence-corrected chi connectivity index (χ2v) is 6.83. The molecular weight excluding hydrogens is 344 g/mol. The molecule has 1 rings (SSSR count). The quantitative estimate of drug-likeness (QED) is 0.570. The molecule has 0 aromatic heterocycles. The summed E-state index contributed by atoms with van der Waals surface area (Å²) in [5.41, 5.74) is 1.35. The molecule has 0 heterocycles. The maximum atomic E-state index is 12.0. The molecule has 0 radical (unpaired) electrons. The van der Waals surface area contributed by atoms with Crippen LogP contribution in [0.1, 0.15) is 40.2 Å². The summed E-state index contributed by atoms with van der Waals surface area (Å²) >= 11 is 0. The van der Waals surface area contributed by atoms with Crippen molar-refractivity contribution in [1.82, 2.24) is 15.5 Å². The van der Waals surface area contributed by atoms with Crippen LogP contribution in [0.2, 0.25) is 0 Å². The number of likely N-dealkylation sites (N-methyl/N-ethyl adjacent to an activating group) is 1. The zero-order valence-corrected chi connectivity index (χ0v) is 17.0. The van der Waals surface area contributed by atoms with Crippen molar-refractivity contribution < 1.29 is 14.4 Å². The summed E-state index contributed by atoms with van der Waals surface area (Å²) in [6, 6.07) is 7.14. The van der Waals surface area contributed by atoms with E-state index in [1.807, 2.05) is 20.8 Å². The van der Waals surface area contributed by atoms with E-state index < -0.39 is 11.8 Å². The molecule has 150 valence electrons. The predicted molar refractivity (Wildman–Crippen MR) is 107 cm³/mol. The van der Waals surface area contributed by atoms with Crippen LogP contribution < -0.4 is 16.0 Å². The summed E-state index contributed by atoms with van der Waals surface area (Å²) < 4.78 is 0. The fourth-order valence-corrected chi connectivity index (χ4v) is 2.75. The van der Waals surface area contributed by atoms with Crippen molar-refractivity contribution in [3.63, 3.8) is 0 Å². The average molecular weight is 377 g/mol. The SMILES string of the molecule is CCN(CC)C(C)CNC(=O)C(=O)Nc1ccc(CC(=O)NC(C)C)cc1. The molecule has 3 amide bonds. The molecular formula is C20H32N4O3. The van der Waals surface area contributed by atoms with E-state index >= 15 is 0 Å². The molecule has 0 fully saturated rings. The lowest BCUT2D eigenvalue weighted by atomic mass is 10.1. The predicted octanol–water partition coefficient (Wildman–Crippen LogP) is 1.54. The zero-order valence-electron chi connectivity index (χ0n) is 17.0. The lowest BCUT2D eigenvalue weighted by Crippen LogP contribution is -2.44. The van der Waals surface area contributed by atoms with Crippen LogP contribution >= 0.6 is 0 Å². The van der Waals surface area contributed by atoms with Gasteiger partial charge in [-0.1, -0.05) is 26.0 Å². The smallest absolute Gasteiger partial charge is 0.313 e. The number of hydrogen-bond acceptors (Lipinski definition) is 4. The number of anilines is 1. The van der Waals surface area contributed by atoms with Crippen LogP contribution in [0.4, 0.5) is 5.69 Å². The number of carbonyl (C=O) groups excluding carboxylic acids is 3. The van der Waals surface area contributed by atoms with Crippen LogP contribution in [-0.2, 0) is 20.8 Å². The molecule has 0 bridgehead atoms. The standard InChI is InChI=1S/C20H32N4O3/c1-6-24(7-2)15(5)13-21-19(26)20(27)23-17-10-8-16(9-11-17)12-18(25)22-14(3)4/h8-11,14-15H,6-7,12-13H2,1-5H3,(H,21,26)(H,22,25)(H,23,27). The number of rotatable bonds is 9. The molecule has 1 aromatic rings. The Morgan fingerprint density at radius 1 is 0.963 bits per heavy atom. The van der Waals surface area contributed by atoms with Gasteiger partial charge in [-0.2, -0.15) is 0 Å². The number of nitrogens with zero attached hydrogens (tertiary/aromatic N) is 1. The Kier molecular flexibility index (Phi) is 9.50. The molecule has 0 saturated carbocycles. The van der Waals surface area contributed by atoms with Gasteiger partial charge in [0, 0.05) is 24.3 Å². The van der Waals surface area contributed by atoms with Gasteiger partial charge in [0.15, 0.2) is 0 Å². The maximum Gasteiger partial charge on any atom is 0.313 e. The van der Waals surface area contributed by atoms with Crippen LogP contribution in [-0.4, -0.2) is 54.3 Å². The third-order valence-electron chi connectivity index (χ3n) is 4.23. The fraction of sp³-hybridized carbons (Fsp3) is 0.550. The van der Waals surface area contributed by atoms with E-state index in [0.29, 0.717) is 12.2 Å². The van der Waals surface area contributed by atoms with E-state index in [1.54, 1.807) is 24.3 Å². The summed E-state index contributed by atoms with van der Waals surface area (Å²) in [4.78, 5) is 37.9. The fourth-order valence-electron chi connectivity index (χ4n) is 2.75. The van der Waals surface area contributed by atoms with E-state index in [4.69, 9.17) is 0 Å². The molecule has 3 N–H and O–H groups in total. The van der Waals surface area contributed by atoms with Gasteiger partial charge in [0.2, 0.25) is 5.91 Å². The maximum absolute atomic E-state index is 12.0. The summed E-state index contributed by atoms with van der Waals surface area (Å²) in [7, 11) is 0. The molecule has 7 nitrogen and oxygen atoms in total. The Hall–Kier alpha value is -2.41. The highest BCUT2D eigenvalue weighted by Gasteiger charge is 2.16. The molecule has 0 saturated heterocycles. The van der Waals surface area contributed by atoms with Gasteiger partial charge < -0.3 is 16.0 Å². The molecule has 7 heteroatoms. The lowest BCUT2D eigenvalue weighted by molar-refractivity contribution is -0.136. The molecule has 0 spiro atoms. The van der Waals surface area contributed by atoms with Crippen molar-refractivity contribution in [3.8, 4) is 0 Å². The van der Waals surface area contributed by atoms with Gasteiger partial charge in [0.1, 0.15) is 0 Å². The molecule has 0 aliphatic carbocycles. The van der Waals surface area contributed by atoms with E-state index in [1.165, 1.54) is 0 Å². The second kappa shape index (κ2) is 11.3. The highest BCUT2D eigenvalue weighted by Crippen LogP contribution is 2.10. The Morgan fingerprint density at radius 2 is 1.56 bits per heavy atom. The van der Waals surface area contributed by atoms with E-state index in [0.717, 1.165) is 18.7 Å². The second-order valence-electron chi connectivity index (χ2n) is 6.83. The van der Waals surface area contributed by atoms with E-state index in [2.05, 4.69) is 34.7 Å². The number of hydrogen-bond donors (Lipinski definition) is 3. The van der Waals surface area contributed by atoms with Gasteiger partial charge in [-0.25, -0.2) is 0 Å². The first-order valence-corrected chi connectivity index (χ1v) is 9.48. The lowest BCUT2D eigenvalue weighted by Gasteiger charge is -2.26. The summed E-state index contributed by atoms with van der Waals surface area (Å²) in [6.07, 6.45) is 0.274. The van der Waals surface area contributed by atoms with E-state index in [-0.39, 0.29) is 24.4 Å². The van der Waals surface area contributed by atoms with Crippen molar-refractivity contribution in [2.75, 3.05) is 25.0 Å². The van der Waals surface area contributed by atoms with Crippen molar-refractivity contribution in [2.24, 2.45) is 0 Å². The van der Waals surface area contributed by atoms with Gasteiger partial charge in [-0.05, 0) is 51.6 Å². The summed E-state index contributed by atoms with van der Waals surface area (Å²) in [6.45, 7) is 12.1. The zero-order chi connectivity index (χ0) is 20.4. The van der Waals surface area contributed by atoms with Crippen molar-refractivity contribution in [3.05, 3.63) is 29.8 Å². The van der Waals surface area contributed by atoms with Crippen molar-refractivity contribution >= 4 is 23.4 Å². The van der Waals surface area contributed by atoms with E-state index in [9.17, 15) is 14.4 Å². The first kappa shape index (κ1) is 22.6. The first-order valence-electron chi connectivity index (χ1n) is 9.48. The van der Waals surface area contributed by atoms with Gasteiger partial charge >= 0.3 is 11.8 Å². The van der Waals surface area contributed by atoms with Gasteiger partial charge in [-0.15, -0.1) is 0 Å². The topological polar surface area (TPSA) is 90.5 Å². The molecule has 0 aliphatic heterocycles. The highest BCUT2D eigenvalue weighted by atomic mass is 16.2. The largest absolute Gasteiger partial charge is 0.354 e. The summed E-state index contributed by atoms with van der Waals surface area (Å²) in [5, 5.41) is 8.06. The van der Waals surface area contributed by atoms with Crippen LogP contribution in [0.5, 0.6) is 0 Å². The Bertz CT molecular complexity index is 625. The number of nitrogens with one attached hydrogen (secondary N) is 3. The Balaban J connectivity index is 2.49. The Labute approximate surface area is 161 Å². The monoisotopic (exact) mass is 376 g/mol. The minimum Gasteiger partial charge on any atom is -0.354 e. The molecule has 1 unspecified atom stereocenters. The van der Waals surface area contributed by atoms with Crippen LogP contribution in [0.25, 0.3) is 0 Å². The van der Waals surface area contributed by atoms with Crippen molar-refractivity contribution in [2.45, 2.75) is 53.1 Å². The molecule has 27 heavy (non-hydrogen) atoms. The van der Waals surface area contributed by atoms with Gasteiger partial charge in [0.05, 0.1) is 6.42 Å². The molecule has 0 aliphatic rings. The van der Waals surface area contributed by atoms with Crippen LogP contribution in [0, 0.1) is 0 Å². The third kappa shape index (κ3) is 8.21. The molecule has 1 aromatic carbocycles. The van der Waals surface area contributed by atoms with Gasteiger partial charge in [0.25, 0.3) is 0 Å². The third-order valence-corrected chi connectivity index (χ3v) is 4.23. The van der Waals surface area contributed by atoms with Gasteiger partial charge in [-0.3, -0.25) is 19.3 Å². The van der Waals surface area contributed by atoms with Crippen LogP contribution in [0.3, 0.4) is 0 Å². The minimum absolute atomic E-state index is 0.0523. The molecule has 1 atom stereocenters. The average Bonchev–Trinajstić information content (AvgIpc) is 2.61. The minimum atomic E-state index is -0.702. The number of benzene rings is 1. The number of carbonyl (C=O) groups is 3. The summed E-state index contributed by atoms with van der Waals surface area (Å²) in [5.74, 6) is -1.41. The first-order chi connectivity index (χ1) is 12.8. The Morgan fingerprint density at radius 3 is 2.07 bits per heavy atom.